The summed E-state index contributed by atoms with van der Waals surface area (Å²) < 4.78 is 2.26. The first-order chi connectivity index (χ1) is 13.5. The maximum absolute atomic E-state index is 12.7. The third-order valence-electron chi connectivity index (χ3n) is 4.49. The van der Waals surface area contributed by atoms with Crippen molar-refractivity contribution >= 4 is 22.6 Å². The number of nitrogens with one attached hydrogen (secondary N) is 2. The molecule has 140 valence electrons. The maximum atomic E-state index is 12.7. The van der Waals surface area contributed by atoms with E-state index in [4.69, 9.17) is 0 Å². The largest absolute Gasteiger partial charge is 0.332 e. The van der Waals surface area contributed by atoms with Crippen LogP contribution in [0.4, 0.5) is 5.69 Å². The number of rotatable bonds is 3. The van der Waals surface area contributed by atoms with E-state index in [0.29, 0.717) is 5.69 Å². The van der Waals surface area contributed by atoms with Crippen molar-refractivity contribution in [2.45, 2.75) is 0 Å². The smallest absolute Gasteiger partial charge is 0.322 e. The van der Waals surface area contributed by atoms with Gasteiger partial charge in [0.2, 0.25) is 0 Å². The second-order valence-electron chi connectivity index (χ2n) is 6.31. The standard InChI is InChI=1S/C19H16N6O3/c1-24-16-14(18(27)25(2)19(24)28)9-12(10-20-16)17(26)22-13-5-3-4-11(8-13)15-6-7-21-23-15/h3-10H,1-2H3,(H,21,23)(H,22,26). The molecule has 0 aliphatic heterocycles. The van der Waals surface area contributed by atoms with E-state index in [-0.39, 0.29) is 16.6 Å². The molecular formula is C19H16N6O3. The number of carbonyl (C=O) groups excluding carboxylic acids is 1. The minimum atomic E-state index is -0.499. The number of hydrogen-bond donors (Lipinski definition) is 2. The second kappa shape index (κ2) is 6.62. The first kappa shape index (κ1) is 17.4. The molecule has 4 rings (SSSR count). The molecule has 2 N–H and O–H groups in total. The molecule has 9 heteroatoms. The quantitative estimate of drug-likeness (QED) is 0.559. The van der Waals surface area contributed by atoms with Gasteiger partial charge in [0.25, 0.3) is 11.5 Å². The zero-order chi connectivity index (χ0) is 19.8. The Morgan fingerprint density at radius 3 is 2.68 bits per heavy atom. The number of nitrogens with zero attached hydrogens (tertiary/aromatic N) is 4. The van der Waals surface area contributed by atoms with E-state index in [1.54, 1.807) is 12.3 Å². The highest BCUT2D eigenvalue weighted by Gasteiger charge is 2.14. The first-order valence-electron chi connectivity index (χ1n) is 8.42. The van der Waals surface area contributed by atoms with Crippen molar-refractivity contribution < 1.29 is 4.79 Å². The molecule has 1 amide bonds. The highest BCUT2D eigenvalue weighted by atomic mass is 16.2. The molecule has 0 bridgehead atoms. The van der Waals surface area contributed by atoms with Crippen LogP contribution in [0.25, 0.3) is 22.3 Å². The number of carbonyl (C=O) groups is 1. The van der Waals surface area contributed by atoms with Crippen LogP contribution in [0.5, 0.6) is 0 Å². The van der Waals surface area contributed by atoms with Crippen LogP contribution < -0.4 is 16.6 Å². The zero-order valence-electron chi connectivity index (χ0n) is 15.1. The summed E-state index contributed by atoms with van der Waals surface area (Å²) in [4.78, 5) is 41.2. The lowest BCUT2D eigenvalue weighted by Gasteiger charge is -2.09. The SMILES string of the molecule is Cn1c(=O)c2cc(C(=O)Nc3cccc(-c4ccn[nH]4)c3)cnc2n(C)c1=O. The van der Waals surface area contributed by atoms with Crippen LogP contribution in [-0.4, -0.2) is 30.2 Å². The Labute approximate surface area is 158 Å². The molecule has 0 radical (unpaired) electrons. The second-order valence-corrected chi connectivity index (χ2v) is 6.31. The van der Waals surface area contributed by atoms with Gasteiger partial charge in [0.15, 0.2) is 0 Å². The summed E-state index contributed by atoms with van der Waals surface area (Å²) in [6.07, 6.45) is 2.99. The first-order valence-corrected chi connectivity index (χ1v) is 8.42. The summed E-state index contributed by atoms with van der Waals surface area (Å²) in [6, 6.07) is 10.5. The van der Waals surface area contributed by atoms with Gasteiger partial charge in [0.05, 0.1) is 16.6 Å². The Bertz CT molecular complexity index is 1320. The molecule has 0 aliphatic carbocycles. The molecule has 0 atom stereocenters. The van der Waals surface area contributed by atoms with Gasteiger partial charge < -0.3 is 5.32 Å². The number of aryl methyl sites for hydroxylation is 1. The third-order valence-corrected chi connectivity index (χ3v) is 4.49. The van der Waals surface area contributed by atoms with Crippen LogP contribution in [0.1, 0.15) is 10.4 Å². The van der Waals surface area contributed by atoms with Crippen molar-refractivity contribution in [2.24, 2.45) is 14.1 Å². The number of anilines is 1. The molecular weight excluding hydrogens is 360 g/mol. The van der Waals surface area contributed by atoms with Gasteiger partial charge in [-0.3, -0.25) is 23.8 Å². The predicted molar refractivity (Wildman–Crippen MR) is 104 cm³/mol. The average molecular weight is 376 g/mol. The lowest BCUT2D eigenvalue weighted by atomic mass is 10.1. The predicted octanol–water partition coefficient (Wildman–Crippen LogP) is 1.27. The fraction of sp³-hybridized carbons (Fsp3) is 0.105. The maximum Gasteiger partial charge on any atom is 0.332 e. The minimum absolute atomic E-state index is 0.198. The molecule has 9 nitrogen and oxygen atoms in total. The van der Waals surface area contributed by atoms with E-state index in [9.17, 15) is 14.4 Å². The molecule has 4 aromatic rings. The van der Waals surface area contributed by atoms with E-state index < -0.39 is 17.2 Å². The van der Waals surface area contributed by atoms with Crippen molar-refractivity contribution in [3.63, 3.8) is 0 Å². The van der Waals surface area contributed by atoms with Gasteiger partial charge >= 0.3 is 5.69 Å². The molecule has 0 spiro atoms. The van der Waals surface area contributed by atoms with Crippen LogP contribution >= 0.6 is 0 Å². The number of H-pyrrole nitrogens is 1. The van der Waals surface area contributed by atoms with E-state index >= 15 is 0 Å². The number of hydrogen-bond acceptors (Lipinski definition) is 5. The summed E-state index contributed by atoms with van der Waals surface area (Å²) in [6.45, 7) is 0. The highest BCUT2D eigenvalue weighted by Crippen LogP contribution is 2.21. The molecule has 28 heavy (non-hydrogen) atoms. The summed E-state index contributed by atoms with van der Waals surface area (Å²) >= 11 is 0. The summed E-state index contributed by atoms with van der Waals surface area (Å²) in [7, 11) is 2.91. The fourth-order valence-corrected chi connectivity index (χ4v) is 2.97. The number of pyridine rings is 1. The monoisotopic (exact) mass is 376 g/mol. The lowest BCUT2D eigenvalue weighted by Crippen LogP contribution is -2.37. The van der Waals surface area contributed by atoms with Crippen molar-refractivity contribution in [3.8, 4) is 11.3 Å². The topological polar surface area (TPSA) is 115 Å². The molecule has 0 fully saturated rings. The molecule has 0 saturated heterocycles. The Balaban J connectivity index is 1.69. The van der Waals surface area contributed by atoms with Crippen molar-refractivity contribution in [2.75, 3.05) is 5.32 Å². The van der Waals surface area contributed by atoms with Crippen LogP contribution in [0, 0.1) is 0 Å². The Kier molecular flexibility index (Phi) is 4.11. The summed E-state index contributed by atoms with van der Waals surface area (Å²) in [5, 5.41) is 9.78. The number of aromatic amines is 1. The molecule has 0 unspecified atom stereocenters. The Morgan fingerprint density at radius 1 is 1.11 bits per heavy atom. The van der Waals surface area contributed by atoms with Gasteiger partial charge in [-0.2, -0.15) is 5.10 Å². The Hall–Kier alpha value is -4.01. The number of amides is 1. The van der Waals surface area contributed by atoms with Crippen LogP contribution in [0.15, 0.2) is 58.4 Å². The summed E-state index contributed by atoms with van der Waals surface area (Å²) in [5.74, 6) is -0.410. The lowest BCUT2D eigenvalue weighted by molar-refractivity contribution is 0.102. The van der Waals surface area contributed by atoms with Gasteiger partial charge in [-0.05, 0) is 24.3 Å². The van der Waals surface area contributed by atoms with Gasteiger partial charge in [0.1, 0.15) is 5.65 Å². The zero-order valence-corrected chi connectivity index (χ0v) is 15.1. The van der Waals surface area contributed by atoms with Gasteiger partial charge in [-0.1, -0.05) is 12.1 Å². The van der Waals surface area contributed by atoms with Crippen molar-refractivity contribution in [1.82, 2.24) is 24.3 Å². The molecule has 0 aliphatic rings. The molecule has 3 heterocycles. The number of fused-ring (bicyclic) bond motifs is 1. The molecule has 3 aromatic heterocycles. The van der Waals surface area contributed by atoms with E-state index in [2.05, 4.69) is 20.5 Å². The van der Waals surface area contributed by atoms with Crippen LogP contribution in [0.2, 0.25) is 0 Å². The normalized spacial score (nSPS) is 10.9. The Morgan fingerprint density at radius 2 is 1.93 bits per heavy atom. The van der Waals surface area contributed by atoms with E-state index in [0.717, 1.165) is 15.8 Å². The van der Waals surface area contributed by atoms with Crippen molar-refractivity contribution in [1.29, 1.82) is 0 Å². The van der Waals surface area contributed by atoms with E-state index in [1.807, 2.05) is 24.3 Å². The van der Waals surface area contributed by atoms with Crippen LogP contribution in [-0.2, 0) is 14.1 Å². The average Bonchev–Trinajstić information content (AvgIpc) is 3.25. The number of benzene rings is 1. The molecule has 0 saturated carbocycles. The fourth-order valence-electron chi connectivity index (χ4n) is 2.97. The highest BCUT2D eigenvalue weighted by molar-refractivity contribution is 6.05. The minimum Gasteiger partial charge on any atom is -0.322 e. The third kappa shape index (κ3) is 2.88. The molecule has 1 aromatic carbocycles. The van der Waals surface area contributed by atoms with Gasteiger partial charge in [0, 0.05) is 37.7 Å². The summed E-state index contributed by atoms with van der Waals surface area (Å²) in [5.41, 5.74) is 1.76. The van der Waals surface area contributed by atoms with E-state index in [1.165, 1.54) is 30.9 Å². The van der Waals surface area contributed by atoms with Crippen LogP contribution in [0.3, 0.4) is 0 Å². The van der Waals surface area contributed by atoms with Gasteiger partial charge in [-0.15, -0.1) is 0 Å². The number of aromatic nitrogens is 5. The van der Waals surface area contributed by atoms with Gasteiger partial charge in [-0.25, -0.2) is 9.78 Å². The van der Waals surface area contributed by atoms with Crippen molar-refractivity contribution in [3.05, 3.63) is 75.2 Å².